The van der Waals surface area contributed by atoms with Crippen molar-refractivity contribution < 1.29 is 19.1 Å². The van der Waals surface area contributed by atoms with Gasteiger partial charge in [0, 0.05) is 18.7 Å². The Morgan fingerprint density at radius 3 is 2.67 bits per heavy atom. The van der Waals surface area contributed by atoms with Crippen molar-refractivity contribution in [3.8, 4) is 5.75 Å². The van der Waals surface area contributed by atoms with Crippen LogP contribution in [-0.4, -0.2) is 19.2 Å². The fraction of sp³-hybridized carbons (Fsp3) is 0.200. The summed E-state index contributed by atoms with van der Waals surface area (Å²) in [6, 6.07) is 6.45. The molecule has 1 N–H and O–H groups in total. The predicted octanol–water partition coefficient (Wildman–Crippen LogP) is 1.79. The van der Waals surface area contributed by atoms with Crippen LogP contribution in [0.2, 0.25) is 0 Å². The van der Waals surface area contributed by atoms with Crippen LogP contribution in [0.3, 0.4) is 0 Å². The smallest absolute Gasteiger partial charge is 0.411 e. The van der Waals surface area contributed by atoms with Crippen LogP contribution < -0.4 is 10.1 Å². The Morgan fingerprint density at radius 2 is 2.07 bits per heavy atom. The molecule has 0 aliphatic rings. The molecule has 0 aliphatic carbocycles. The SMILES string of the molecule is COC(=O)Nc1cccc(OC(C)=O)c1. The zero-order chi connectivity index (χ0) is 11.3. The van der Waals surface area contributed by atoms with E-state index in [9.17, 15) is 9.59 Å². The van der Waals surface area contributed by atoms with E-state index in [-0.39, 0.29) is 0 Å². The molecule has 0 saturated carbocycles. The Hall–Kier alpha value is -2.04. The molecule has 0 spiro atoms. The quantitative estimate of drug-likeness (QED) is 0.595. The molecular weight excluding hydrogens is 198 g/mol. The second-order valence-corrected chi connectivity index (χ2v) is 2.74. The maximum atomic E-state index is 10.9. The lowest BCUT2D eigenvalue weighted by Gasteiger charge is -2.05. The molecule has 0 atom stereocenters. The Labute approximate surface area is 87.0 Å². The molecule has 1 rings (SSSR count). The Morgan fingerprint density at radius 1 is 1.33 bits per heavy atom. The largest absolute Gasteiger partial charge is 0.453 e. The fourth-order valence-corrected chi connectivity index (χ4v) is 0.972. The second-order valence-electron chi connectivity index (χ2n) is 2.74. The average molecular weight is 209 g/mol. The molecule has 0 unspecified atom stereocenters. The van der Waals surface area contributed by atoms with Gasteiger partial charge in [-0.3, -0.25) is 10.1 Å². The van der Waals surface area contributed by atoms with Crippen molar-refractivity contribution in [3.63, 3.8) is 0 Å². The number of hydrogen-bond donors (Lipinski definition) is 1. The molecular formula is C10H11NO4. The maximum Gasteiger partial charge on any atom is 0.411 e. The van der Waals surface area contributed by atoms with Gasteiger partial charge in [-0.2, -0.15) is 0 Å². The monoisotopic (exact) mass is 209 g/mol. The third-order valence-electron chi connectivity index (χ3n) is 1.53. The number of anilines is 1. The standard InChI is InChI=1S/C10H11NO4/c1-7(12)15-9-5-3-4-8(6-9)11-10(13)14-2/h3-6H,1-2H3,(H,11,13). The van der Waals surface area contributed by atoms with Crippen molar-refractivity contribution in [3.05, 3.63) is 24.3 Å². The highest BCUT2D eigenvalue weighted by atomic mass is 16.5. The molecule has 0 aromatic heterocycles. The van der Waals surface area contributed by atoms with Crippen molar-refractivity contribution >= 4 is 17.7 Å². The lowest BCUT2D eigenvalue weighted by atomic mass is 10.3. The lowest BCUT2D eigenvalue weighted by molar-refractivity contribution is -0.131. The van der Waals surface area contributed by atoms with E-state index in [0.717, 1.165) is 0 Å². The van der Waals surface area contributed by atoms with Crippen LogP contribution in [0, 0.1) is 0 Å². The van der Waals surface area contributed by atoms with E-state index in [0.29, 0.717) is 11.4 Å². The van der Waals surface area contributed by atoms with Crippen molar-refractivity contribution in [1.29, 1.82) is 0 Å². The molecule has 80 valence electrons. The van der Waals surface area contributed by atoms with Crippen LogP contribution in [0.1, 0.15) is 6.92 Å². The van der Waals surface area contributed by atoms with Gasteiger partial charge in [0.1, 0.15) is 5.75 Å². The second kappa shape index (κ2) is 4.99. The molecule has 0 bridgehead atoms. The summed E-state index contributed by atoms with van der Waals surface area (Å²) < 4.78 is 9.26. The summed E-state index contributed by atoms with van der Waals surface area (Å²) in [6.07, 6.45) is -0.574. The number of amides is 1. The third-order valence-corrected chi connectivity index (χ3v) is 1.53. The number of hydrogen-bond acceptors (Lipinski definition) is 4. The number of esters is 1. The van der Waals surface area contributed by atoms with Gasteiger partial charge in [-0.25, -0.2) is 4.79 Å². The molecule has 0 aliphatic heterocycles. The number of rotatable bonds is 2. The van der Waals surface area contributed by atoms with Gasteiger partial charge >= 0.3 is 12.1 Å². The lowest BCUT2D eigenvalue weighted by Crippen LogP contribution is -2.11. The van der Waals surface area contributed by atoms with Crippen LogP contribution in [0.25, 0.3) is 0 Å². The van der Waals surface area contributed by atoms with Crippen LogP contribution in [0.5, 0.6) is 5.75 Å². The van der Waals surface area contributed by atoms with Gasteiger partial charge < -0.3 is 9.47 Å². The number of methoxy groups -OCH3 is 1. The van der Waals surface area contributed by atoms with Gasteiger partial charge in [0.05, 0.1) is 7.11 Å². The highest BCUT2D eigenvalue weighted by Crippen LogP contribution is 2.17. The molecule has 0 radical (unpaired) electrons. The molecule has 1 amide bonds. The predicted molar refractivity (Wildman–Crippen MR) is 53.8 cm³/mol. The van der Waals surface area contributed by atoms with Gasteiger partial charge in [-0.15, -0.1) is 0 Å². The normalized spacial score (nSPS) is 9.20. The van der Waals surface area contributed by atoms with Gasteiger partial charge in [-0.1, -0.05) is 6.07 Å². The van der Waals surface area contributed by atoms with E-state index in [1.807, 2.05) is 0 Å². The van der Waals surface area contributed by atoms with E-state index >= 15 is 0 Å². The molecule has 15 heavy (non-hydrogen) atoms. The number of carbonyl (C=O) groups excluding carboxylic acids is 2. The molecule has 5 heteroatoms. The van der Waals surface area contributed by atoms with Crippen molar-refractivity contribution in [2.75, 3.05) is 12.4 Å². The first-order chi connectivity index (χ1) is 7.11. The zero-order valence-corrected chi connectivity index (χ0v) is 8.44. The van der Waals surface area contributed by atoms with Gasteiger partial charge in [0.2, 0.25) is 0 Å². The summed E-state index contributed by atoms with van der Waals surface area (Å²) in [4.78, 5) is 21.5. The first kappa shape index (κ1) is 11.0. The average Bonchev–Trinajstić information content (AvgIpc) is 2.17. The molecule has 0 heterocycles. The van der Waals surface area contributed by atoms with Gasteiger partial charge in [0.25, 0.3) is 0 Å². The summed E-state index contributed by atoms with van der Waals surface area (Å²) >= 11 is 0. The number of carbonyl (C=O) groups is 2. The summed E-state index contributed by atoms with van der Waals surface area (Å²) in [7, 11) is 1.27. The van der Waals surface area contributed by atoms with Crippen molar-refractivity contribution in [1.82, 2.24) is 0 Å². The highest BCUT2D eigenvalue weighted by Gasteiger charge is 2.02. The maximum absolute atomic E-state index is 10.9. The van der Waals surface area contributed by atoms with Crippen LogP contribution >= 0.6 is 0 Å². The number of nitrogens with one attached hydrogen (secondary N) is 1. The topological polar surface area (TPSA) is 64.6 Å². The minimum absolute atomic E-state index is 0.372. The molecule has 1 aromatic carbocycles. The van der Waals surface area contributed by atoms with E-state index in [4.69, 9.17) is 4.74 Å². The highest BCUT2D eigenvalue weighted by molar-refractivity contribution is 5.84. The fourth-order valence-electron chi connectivity index (χ4n) is 0.972. The minimum Gasteiger partial charge on any atom is -0.453 e. The van der Waals surface area contributed by atoms with Crippen LogP contribution in [-0.2, 0) is 9.53 Å². The molecule has 0 fully saturated rings. The summed E-state index contributed by atoms with van der Waals surface area (Å²) in [6.45, 7) is 1.31. The molecule has 5 nitrogen and oxygen atoms in total. The Balaban J connectivity index is 2.74. The summed E-state index contributed by atoms with van der Waals surface area (Å²) in [5, 5.41) is 2.45. The first-order valence-corrected chi connectivity index (χ1v) is 4.25. The third kappa shape index (κ3) is 3.68. The van der Waals surface area contributed by atoms with Gasteiger partial charge in [-0.05, 0) is 12.1 Å². The first-order valence-electron chi connectivity index (χ1n) is 4.25. The van der Waals surface area contributed by atoms with Crippen LogP contribution in [0.15, 0.2) is 24.3 Å². The number of benzene rings is 1. The van der Waals surface area contributed by atoms with E-state index in [2.05, 4.69) is 10.1 Å². The van der Waals surface area contributed by atoms with Gasteiger partial charge in [0.15, 0.2) is 0 Å². The van der Waals surface area contributed by atoms with E-state index < -0.39 is 12.1 Å². The Bertz CT molecular complexity index is 375. The zero-order valence-electron chi connectivity index (χ0n) is 8.44. The van der Waals surface area contributed by atoms with Crippen molar-refractivity contribution in [2.24, 2.45) is 0 Å². The van der Waals surface area contributed by atoms with Crippen LogP contribution in [0.4, 0.5) is 10.5 Å². The molecule has 1 aromatic rings. The van der Waals surface area contributed by atoms with E-state index in [1.54, 1.807) is 18.2 Å². The number of ether oxygens (including phenoxy) is 2. The summed E-state index contributed by atoms with van der Waals surface area (Å²) in [5.41, 5.74) is 0.501. The van der Waals surface area contributed by atoms with E-state index in [1.165, 1.54) is 20.1 Å². The molecule has 0 saturated heterocycles. The Kier molecular flexibility index (Phi) is 3.68. The summed E-state index contributed by atoms with van der Waals surface area (Å²) in [5.74, 6) is -0.0402. The van der Waals surface area contributed by atoms with Crippen molar-refractivity contribution in [2.45, 2.75) is 6.92 Å². The minimum atomic E-state index is -0.574.